The molecule has 116 valence electrons. The van der Waals surface area contributed by atoms with Crippen LogP contribution in [0.2, 0.25) is 5.02 Å². The van der Waals surface area contributed by atoms with Crippen LogP contribution in [0, 0.1) is 0 Å². The molecule has 1 heterocycles. The minimum absolute atomic E-state index is 0.0558. The molecule has 1 N–H and O–H groups in total. The molecule has 1 amide bonds. The fraction of sp³-hybridized carbons (Fsp3) is 0.562. The van der Waals surface area contributed by atoms with Crippen molar-refractivity contribution >= 4 is 28.9 Å². The number of hydrogen-bond acceptors (Lipinski definition) is 3. The topological polar surface area (TPSA) is 35.6 Å². The third-order valence-corrected chi connectivity index (χ3v) is 4.14. The maximum Gasteiger partial charge on any atom is 0.224 e. The first-order valence-corrected chi connectivity index (χ1v) is 8.01. The lowest BCUT2D eigenvalue weighted by Crippen LogP contribution is -2.44. The van der Waals surface area contributed by atoms with Crippen molar-refractivity contribution in [2.45, 2.75) is 26.2 Å². The van der Waals surface area contributed by atoms with Gasteiger partial charge in [0.05, 0.1) is 10.7 Å². The number of hydrogen-bond donors (Lipinski definition) is 1. The molecule has 0 radical (unpaired) electrons. The molecule has 1 aromatic carbocycles. The Bertz CT molecular complexity index is 484. The Morgan fingerprint density at radius 2 is 2.00 bits per heavy atom. The van der Waals surface area contributed by atoms with Gasteiger partial charge in [-0.1, -0.05) is 24.9 Å². The number of piperazine rings is 1. The number of carbonyl (C=O) groups is 1. The Hall–Kier alpha value is -1.26. The summed E-state index contributed by atoms with van der Waals surface area (Å²) in [5, 5.41) is 3.61. The molecule has 0 saturated carbocycles. The largest absolute Gasteiger partial charge is 0.368 e. The first-order chi connectivity index (χ1) is 10.1. The van der Waals surface area contributed by atoms with Gasteiger partial charge in [0.2, 0.25) is 5.91 Å². The van der Waals surface area contributed by atoms with E-state index in [4.69, 9.17) is 11.6 Å². The summed E-state index contributed by atoms with van der Waals surface area (Å²) < 4.78 is 0. The average molecular weight is 310 g/mol. The Morgan fingerprint density at radius 3 is 2.62 bits per heavy atom. The van der Waals surface area contributed by atoms with Crippen molar-refractivity contribution < 1.29 is 4.79 Å². The molecular formula is C16H24ClN3O. The lowest BCUT2D eigenvalue weighted by Gasteiger charge is -2.34. The van der Waals surface area contributed by atoms with Crippen LogP contribution in [0.1, 0.15) is 26.2 Å². The molecule has 1 aliphatic heterocycles. The summed E-state index contributed by atoms with van der Waals surface area (Å²) in [4.78, 5) is 16.3. The van der Waals surface area contributed by atoms with E-state index in [9.17, 15) is 4.79 Å². The summed E-state index contributed by atoms with van der Waals surface area (Å²) in [5.74, 6) is 0.0558. The van der Waals surface area contributed by atoms with Gasteiger partial charge in [0.1, 0.15) is 0 Å². The van der Waals surface area contributed by atoms with Gasteiger partial charge in [0.15, 0.2) is 0 Å². The molecule has 4 nitrogen and oxygen atoms in total. The SMILES string of the molecule is CCCCC(=O)Nc1ccc(N2CCN(C)CC2)c(Cl)c1. The second-order valence-electron chi connectivity index (χ2n) is 5.61. The molecule has 0 unspecified atom stereocenters. The predicted octanol–water partition coefficient (Wildman–Crippen LogP) is 3.22. The Kier molecular flexibility index (Phi) is 5.88. The first-order valence-electron chi connectivity index (χ1n) is 7.63. The smallest absolute Gasteiger partial charge is 0.224 e. The van der Waals surface area contributed by atoms with Crippen LogP contribution < -0.4 is 10.2 Å². The fourth-order valence-electron chi connectivity index (χ4n) is 2.45. The fourth-order valence-corrected chi connectivity index (χ4v) is 2.75. The number of amides is 1. The van der Waals surface area contributed by atoms with Crippen molar-refractivity contribution in [2.75, 3.05) is 43.4 Å². The third kappa shape index (κ3) is 4.61. The van der Waals surface area contributed by atoms with E-state index < -0.39 is 0 Å². The lowest BCUT2D eigenvalue weighted by atomic mass is 10.2. The van der Waals surface area contributed by atoms with Crippen molar-refractivity contribution in [3.8, 4) is 0 Å². The predicted molar refractivity (Wildman–Crippen MR) is 89.3 cm³/mol. The summed E-state index contributed by atoms with van der Waals surface area (Å²) in [7, 11) is 2.13. The molecular weight excluding hydrogens is 286 g/mol. The molecule has 1 saturated heterocycles. The quantitative estimate of drug-likeness (QED) is 0.907. The van der Waals surface area contributed by atoms with Crippen LogP contribution in [0.3, 0.4) is 0 Å². The van der Waals surface area contributed by atoms with Crippen LogP contribution in [0.15, 0.2) is 18.2 Å². The van der Waals surface area contributed by atoms with E-state index in [1.807, 2.05) is 18.2 Å². The lowest BCUT2D eigenvalue weighted by molar-refractivity contribution is -0.116. The van der Waals surface area contributed by atoms with E-state index in [2.05, 4.69) is 29.1 Å². The van der Waals surface area contributed by atoms with Gasteiger partial charge in [-0.15, -0.1) is 0 Å². The molecule has 0 aliphatic carbocycles. The van der Waals surface area contributed by atoms with E-state index in [1.54, 1.807) is 0 Å². The monoisotopic (exact) mass is 309 g/mol. The van der Waals surface area contributed by atoms with Gasteiger partial charge in [0, 0.05) is 38.3 Å². The van der Waals surface area contributed by atoms with Crippen LogP contribution in [-0.2, 0) is 4.79 Å². The van der Waals surface area contributed by atoms with Crippen LogP contribution in [0.4, 0.5) is 11.4 Å². The van der Waals surface area contributed by atoms with E-state index >= 15 is 0 Å². The average Bonchev–Trinajstić information content (AvgIpc) is 2.46. The van der Waals surface area contributed by atoms with Crippen molar-refractivity contribution in [3.63, 3.8) is 0 Å². The zero-order chi connectivity index (χ0) is 15.2. The Morgan fingerprint density at radius 1 is 1.29 bits per heavy atom. The zero-order valence-electron chi connectivity index (χ0n) is 12.9. The van der Waals surface area contributed by atoms with Gasteiger partial charge in [-0.2, -0.15) is 0 Å². The molecule has 0 atom stereocenters. The van der Waals surface area contributed by atoms with E-state index in [0.29, 0.717) is 11.4 Å². The van der Waals surface area contributed by atoms with Crippen molar-refractivity contribution in [1.29, 1.82) is 0 Å². The van der Waals surface area contributed by atoms with Gasteiger partial charge >= 0.3 is 0 Å². The highest BCUT2D eigenvalue weighted by molar-refractivity contribution is 6.33. The number of rotatable bonds is 5. The molecule has 1 aromatic rings. The second kappa shape index (κ2) is 7.66. The molecule has 1 fully saturated rings. The normalized spacial score (nSPS) is 16.0. The van der Waals surface area contributed by atoms with E-state index in [-0.39, 0.29) is 5.91 Å². The number of benzene rings is 1. The summed E-state index contributed by atoms with van der Waals surface area (Å²) in [6.45, 7) is 6.14. The molecule has 0 spiro atoms. The number of nitrogens with one attached hydrogen (secondary N) is 1. The first kappa shape index (κ1) is 16.1. The van der Waals surface area contributed by atoms with Crippen molar-refractivity contribution in [1.82, 2.24) is 4.90 Å². The highest BCUT2D eigenvalue weighted by Crippen LogP contribution is 2.29. The second-order valence-corrected chi connectivity index (χ2v) is 6.02. The molecule has 0 bridgehead atoms. The molecule has 2 rings (SSSR count). The number of unbranched alkanes of at least 4 members (excludes halogenated alkanes) is 1. The third-order valence-electron chi connectivity index (χ3n) is 3.83. The van der Waals surface area contributed by atoms with Gasteiger partial charge in [0.25, 0.3) is 0 Å². The maximum atomic E-state index is 11.7. The van der Waals surface area contributed by atoms with Gasteiger partial charge in [-0.05, 0) is 31.7 Å². The van der Waals surface area contributed by atoms with Crippen molar-refractivity contribution in [2.24, 2.45) is 0 Å². The highest BCUT2D eigenvalue weighted by Gasteiger charge is 2.16. The molecule has 0 aromatic heterocycles. The number of halogens is 1. The summed E-state index contributed by atoms with van der Waals surface area (Å²) in [6.07, 6.45) is 2.50. The standard InChI is InChI=1S/C16H24ClN3O/c1-3-4-5-16(21)18-13-6-7-15(14(17)12-13)20-10-8-19(2)9-11-20/h6-7,12H,3-5,8-11H2,1-2H3,(H,18,21). The minimum Gasteiger partial charge on any atom is -0.368 e. The van der Waals surface area contributed by atoms with E-state index in [1.165, 1.54) is 0 Å². The molecule has 5 heteroatoms. The van der Waals surface area contributed by atoms with Crippen LogP contribution in [0.5, 0.6) is 0 Å². The van der Waals surface area contributed by atoms with Crippen LogP contribution >= 0.6 is 11.6 Å². The van der Waals surface area contributed by atoms with Gasteiger partial charge in [-0.25, -0.2) is 0 Å². The minimum atomic E-state index is 0.0558. The number of nitrogens with zero attached hydrogens (tertiary/aromatic N) is 2. The van der Waals surface area contributed by atoms with Crippen molar-refractivity contribution in [3.05, 3.63) is 23.2 Å². The number of anilines is 2. The van der Waals surface area contributed by atoms with Gasteiger partial charge < -0.3 is 15.1 Å². The van der Waals surface area contributed by atoms with Gasteiger partial charge in [-0.3, -0.25) is 4.79 Å². The van der Waals surface area contributed by atoms with E-state index in [0.717, 1.165) is 50.4 Å². The number of carbonyl (C=O) groups excluding carboxylic acids is 1. The maximum absolute atomic E-state index is 11.7. The van der Waals surface area contributed by atoms with Crippen LogP contribution in [-0.4, -0.2) is 44.0 Å². The highest BCUT2D eigenvalue weighted by atomic mass is 35.5. The summed E-state index contributed by atoms with van der Waals surface area (Å²) in [6, 6.07) is 5.78. The Balaban J connectivity index is 1.98. The Labute approximate surface area is 132 Å². The summed E-state index contributed by atoms with van der Waals surface area (Å²) >= 11 is 6.38. The van der Waals surface area contributed by atoms with Crippen LogP contribution in [0.25, 0.3) is 0 Å². The number of likely N-dealkylation sites (N-methyl/N-ethyl adjacent to an activating group) is 1. The summed E-state index contributed by atoms with van der Waals surface area (Å²) in [5.41, 5.74) is 1.83. The zero-order valence-corrected chi connectivity index (χ0v) is 13.6. The molecule has 21 heavy (non-hydrogen) atoms. The molecule has 1 aliphatic rings.